The molecule has 0 aliphatic carbocycles. The van der Waals surface area contributed by atoms with Gasteiger partial charge < -0.3 is 0 Å². The molecular formula is C45H29N3. The number of fused-ring (bicyclic) bond motifs is 6. The average molecular weight is 632 g/mol. The van der Waals surface area contributed by atoms with Crippen LogP contribution in [0.25, 0.3) is 88.7 Å². The topological polar surface area (TPSA) is 38.7 Å². The predicted octanol–water partition coefficient (Wildman–Crippen LogP) is 11.7. The van der Waals surface area contributed by atoms with E-state index in [1.165, 1.54) is 0 Å². The van der Waals surface area contributed by atoms with Gasteiger partial charge in [0.15, 0.2) is 17.5 Å². The molecule has 0 fully saturated rings. The van der Waals surface area contributed by atoms with E-state index in [2.05, 4.69) is 15.0 Å². The highest BCUT2D eigenvalue weighted by Gasteiger charge is 2.15. The van der Waals surface area contributed by atoms with Crippen molar-refractivity contribution in [3.05, 3.63) is 175 Å². The van der Waals surface area contributed by atoms with Gasteiger partial charge in [-0.2, -0.15) is 0 Å². The molecule has 1 aromatic heterocycles. The molecule has 9 aromatic rings. The maximum atomic E-state index is 9.78. The van der Waals surface area contributed by atoms with Gasteiger partial charge in [0.1, 0.15) is 0 Å². The fourth-order valence-corrected chi connectivity index (χ4v) is 5.39. The van der Waals surface area contributed by atoms with Crippen LogP contribution in [0.3, 0.4) is 0 Å². The van der Waals surface area contributed by atoms with Crippen LogP contribution in [-0.2, 0) is 0 Å². The first-order chi connectivity index (χ1) is 32.1. The lowest BCUT2D eigenvalue weighted by Crippen LogP contribution is -2.00. The maximum Gasteiger partial charge on any atom is 0.164 e. The highest BCUT2D eigenvalue weighted by atomic mass is 15.0. The smallest absolute Gasteiger partial charge is 0.164 e. The monoisotopic (exact) mass is 631 g/mol. The van der Waals surface area contributed by atoms with Crippen LogP contribution in [0, 0.1) is 0 Å². The van der Waals surface area contributed by atoms with Crippen molar-refractivity contribution in [1.82, 2.24) is 15.0 Å². The third-order valence-corrected chi connectivity index (χ3v) is 7.62. The highest BCUT2D eigenvalue weighted by molar-refractivity contribution is 6.25. The van der Waals surface area contributed by atoms with E-state index in [0.29, 0.717) is 5.56 Å². The fourth-order valence-electron chi connectivity index (χ4n) is 5.39. The molecule has 0 atom stereocenters. The molecule has 48 heavy (non-hydrogen) atoms. The average Bonchev–Trinajstić information content (AvgIpc) is 3.34. The summed E-state index contributed by atoms with van der Waals surface area (Å²) in [7, 11) is 0. The summed E-state index contributed by atoms with van der Waals surface area (Å²) in [5.74, 6) is -1.29. The van der Waals surface area contributed by atoms with E-state index in [1.54, 1.807) is 24.3 Å². The van der Waals surface area contributed by atoms with Crippen molar-refractivity contribution in [2.45, 2.75) is 0 Å². The van der Waals surface area contributed by atoms with E-state index in [-0.39, 0.29) is 27.5 Å². The first-order valence-electron chi connectivity index (χ1n) is 24.6. The van der Waals surface area contributed by atoms with Crippen molar-refractivity contribution in [3.8, 4) is 56.4 Å². The summed E-state index contributed by atoms with van der Waals surface area (Å²) in [6.45, 7) is 0. The number of rotatable bonds is 5. The molecule has 0 spiro atoms. The van der Waals surface area contributed by atoms with Gasteiger partial charge in [-0.05, 0) is 66.7 Å². The van der Waals surface area contributed by atoms with Crippen LogP contribution in [0.15, 0.2) is 175 Å². The lowest BCUT2D eigenvalue weighted by Gasteiger charge is -2.13. The molecule has 224 valence electrons. The highest BCUT2D eigenvalue weighted by Crippen LogP contribution is 2.37. The van der Waals surface area contributed by atoms with Crippen LogP contribution in [0.4, 0.5) is 0 Å². The van der Waals surface area contributed by atoms with Crippen molar-refractivity contribution in [1.29, 1.82) is 0 Å². The summed E-state index contributed by atoms with van der Waals surface area (Å²) in [5.41, 5.74) is -0.551. The molecule has 0 aliphatic rings. The molecule has 3 heteroatoms. The molecule has 0 saturated heterocycles. The van der Waals surface area contributed by atoms with Crippen molar-refractivity contribution in [2.24, 2.45) is 0 Å². The van der Waals surface area contributed by atoms with Gasteiger partial charge in [-0.3, -0.25) is 0 Å². The van der Waals surface area contributed by atoms with Crippen LogP contribution in [0.1, 0.15) is 27.4 Å². The molecule has 0 amide bonds. The van der Waals surface area contributed by atoms with Gasteiger partial charge in [0.05, 0.1) is 27.4 Å². The summed E-state index contributed by atoms with van der Waals surface area (Å²) in [6.07, 6.45) is 0. The molecule has 8 aromatic carbocycles. The van der Waals surface area contributed by atoms with Crippen molar-refractivity contribution >= 4 is 32.3 Å². The minimum absolute atomic E-state index is 0.195. The molecule has 0 saturated carbocycles. The summed E-state index contributed by atoms with van der Waals surface area (Å²) >= 11 is 0. The second-order valence-electron chi connectivity index (χ2n) is 10.5. The van der Waals surface area contributed by atoms with E-state index in [9.17, 15) is 6.85 Å². The molecule has 3 nitrogen and oxygen atoms in total. The van der Waals surface area contributed by atoms with E-state index < -0.39 is 171 Å². The Labute approximate surface area is 307 Å². The zero-order valence-corrected chi connectivity index (χ0v) is 24.5. The van der Waals surface area contributed by atoms with Crippen LogP contribution in [0.2, 0.25) is 0 Å². The molecular weight excluding hydrogens is 583 g/mol. The molecule has 0 unspecified atom stereocenters. The summed E-state index contributed by atoms with van der Waals surface area (Å²) in [4.78, 5) is 13.8. The molecule has 0 N–H and O–H groups in total. The summed E-state index contributed by atoms with van der Waals surface area (Å²) < 4.78 is 177. The SMILES string of the molecule is [2H]c1c([2H])c([2H])c(-c2c([2H])c([2H])c(-c3nc(-c4cccc(-c5ccccc5)c4)nc(-c4c([2H])c([2H])c5c6c([2H])c([2H])c([2H])c([2H])c6c6c([2H])c([2H])c([2H])c([2H])c6c5c4[2H])n3)c([2H])c2[2H])c([2H])c1[2H]. The van der Waals surface area contributed by atoms with Crippen LogP contribution in [0.5, 0.6) is 0 Å². The van der Waals surface area contributed by atoms with Crippen molar-refractivity contribution in [3.63, 3.8) is 0 Å². The van der Waals surface area contributed by atoms with Crippen LogP contribution < -0.4 is 0 Å². The normalized spacial score (nSPS) is 17.2. The Morgan fingerprint density at radius 2 is 0.771 bits per heavy atom. The third kappa shape index (κ3) is 4.99. The van der Waals surface area contributed by atoms with Gasteiger partial charge in [-0.25, -0.2) is 15.0 Å². The number of hydrogen-bond donors (Lipinski definition) is 0. The number of nitrogens with zero attached hydrogens (tertiary/aromatic N) is 3. The Morgan fingerprint density at radius 1 is 0.312 bits per heavy atom. The van der Waals surface area contributed by atoms with Gasteiger partial charge in [0.2, 0.25) is 0 Å². The van der Waals surface area contributed by atoms with E-state index in [1.807, 2.05) is 30.3 Å². The molecule has 0 aliphatic heterocycles. The first kappa shape index (κ1) is 14.1. The zero-order chi connectivity index (χ0) is 49.3. The number of hydrogen-bond acceptors (Lipinski definition) is 3. The second-order valence-corrected chi connectivity index (χ2v) is 10.5. The largest absolute Gasteiger partial charge is 0.208 e. The Bertz CT molecular complexity index is 3650. The molecule has 0 radical (unpaired) electrons. The lowest BCUT2D eigenvalue weighted by atomic mass is 9.93. The molecule has 9 rings (SSSR count). The number of aromatic nitrogens is 3. The predicted molar refractivity (Wildman–Crippen MR) is 200 cm³/mol. The fraction of sp³-hybridized carbons (Fsp3) is 0. The lowest BCUT2D eigenvalue weighted by molar-refractivity contribution is 1.07. The Balaban J connectivity index is 1.43. The van der Waals surface area contributed by atoms with Crippen molar-refractivity contribution in [2.75, 3.05) is 0 Å². The van der Waals surface area contributed by atoms with Gasteiger partial charge >= 0.3 is 0 Å². The van der Waals surface area contributed by atoms with Gasteiger partial charge in [0, 0.05) is 16.7 Å². The Hall–Kier alpha value is -6.45. The van der Waals surface area contributed by atoms with Crippen molar-refractivity contribution < 1.29 is 27.4 Å². The van der Waals surface area contributed by atoms with E-state index in [0.717, 1.165) is 5.56 Å². The number of benzene rings is 8. The summed E-state index contributed by atoms with van der Waals surface area (Å²) in [5, 5.41) is -2.29. The quantitative estimate of drug-likeness (QED) is 0.177. The first-order valence-corrected chi connectivity index (χ1v) is 14.6. The third-order valence-electron chi connectivity index (χ3n) is 7.62. The van der Waals surface area contributed by atoms with Gasteiger partial charge in [0.25, 0.3) is 0 Å². The van der Waals surface area contributed by atoms with Gasteiger partial charge in [-0.1, -0.05) is 163 Å². The second kappa shape index (κ2) is 11.7. The maximum absolute atomic E-state index is 9.78. The molecule has 0 bridgehead atoms. The summed E-state index contributed by atoms with van der Waals surface area (Å²) in [6, 6.07) is 0.845. The van der Waals surface area contributed by atoms with Crippen LogP contribution in [-0.4, -0.2) is 15.0 Å². The Kier molecular flexibility index (Phi) is 3.45. The standard InChI is InChI=1S/C45H29N3/c1-3-12-30(13-4-1)32-22-24-33(25-23-32)43-46-44(35-17-11-16-34(28-35)31-14-5-2-6-15-31)48-45(47-43)36-26-27-41-39-20-8-7-18-37(39)38-19-9-10-21-40(38)42(41)29-36/h1-29H/i1D,3D,4D,7D,8D,9D,10D,12D,13D,18D,19D,20D,21D,22D,23D,24D,25D,26D,27D,29D. The van der Waals surface area contributed by atoms with E-state index in [4.69, 9.17) is 20.6 Å². The molecule has 1 heterocycles. The van der Waals surface area contributed by atoms with Gasteiger partial charge in [-0.15, -0.1) is 0 Å². The minimum Gasteiger partial charge on any atom is -0.208 e. The van der Waals surface area contributed by atoms with E-state index >= 15 is 0 Å². The van der Waals surface area contributed by atoms with Crippen LogP contribution >= 0.6 is 0 Å². The Morgan fingerprint density at radius 3 is 1.44 bits per heavy atom. The zero-order valence-electron chi connectivity index (χ0n) is 44.5. The minimum atomic E-state index is -0.826.